The van der Waals surface area contributed by atoms with Crippen LogP contribution in [0.4, 0.5) is 0 Å². The molecular formula is C32H55KO4. The third-order valence-corrected chi connectivity index (χ3v) is 4.93. The summed E-state index contributed by atoms with van der Waals surface area (Å²) in [4.78, 5) is 11.0. The quantitative estimate of drug-likeness (QED) is 0.355. The van der Waals surface area contributed by atoms with Gasteiger partial charge in [0.25, 0.3) is 0 Å². The van der Waals surface area contributed by atoms with E-state index in [4.69, 9.17) is 9.47 Å². The Morgan fingerprint density at radius 3 is 1.38 bits per heavy atom. The van der Waals surface area contributed by atoms with Crippen LogP contribution in [-0.4, -0.2) is 20.0 Å². The fourth-order valence-electron chi connectivity index (χ4n) is 3.27. The van der Waals surface area contributed by atoms with Crippen molar-refractivity contribution >= 4 is 5.78 Å². The van der Waals surface area contributed by atoms with Gasteiger partial charge in [0, 0.05) is 16.7 Å². The molecule has 5 heteroatoms. The zero-order valence-corrected chi connectivity index (χ0v) is 30.6. The fourth-order valence-corrected chi connectivity index (χ4v) is 3.27. The van der Waals surface area contributed by atoms with Crippen molar-refractivity contribution in [2.45, 2.75) is 115 Å². The van der Waals surface area contributed by atoms with Gasteiger partial charge >= 0.3 is 51.4 Å². The number of aryl methyl sites for hydroxylation is 2. The average molecular weight is 543 g/mol. The predicted molar refractivity (Wildman–Crippen MR) is 156 cm³/mol. The van der Waals surface area contributed by atoms with Crippen LogP contribution in [0, 0.1) is 13.8 Å². The summed E-state index contributed by atoms with van der Waals surface area (Å²) >= 11 is 0. The molecule has 2 aromatic rings. The number of methoxy groups -OCH3 is 2. The van der Waals surface area contributed by atoms with Crippen molar-refractivity contribution in [2.24, 2.45) is 0 Å². The molecule has 37 heavy (non-hydrogen) atoms. The minimum Gasteiger partial charge on any atom is -0.872 e. The molecule has 0 unspecified atom stereocenters. The first kappa shape index (κ1) is 43.2. The zero-order chi connectivity index (χ0) is 29.4. The van der Waals surface area contributed by atoms with Crippen molar-refractivity contribution in [2.75, 3.05) is 14.2 Å². The molecule has 0 aliphatic rings. The summed E-state index contributed by atoms with van der Waals surface area (Å²) in [7, 11) is 3.27. The van der Waals surface area contributed by atoms with Crippen molar-refractivity contribution in [1.29, 1.82) is 0 Å². The van der Waals surface area contributed by atoms with E-state index in [1.165, 1.54) is 36.8 Å². The number of hydrogen-bond donors (Lipinski definition) is 0. The second-order valence-corrected chi connectivity index (χ2v) is 9.77. The standard InChI is InChI=1S/C16H26O.C10H12O3.3C2H6.K/c1-11-9-12(15(2,3)4)14(17-8)13(10-11)16(5,6)7;1-6-4-8(7(2)11)9(12)5-10(6)13-3;3*1-2;/h9-10H,1-8H3;4-5,12H,1-3H3;3*1-2H3;/q;;;;;+1/p-1. The summed E-state index contributed by atoms with van der Waals surface area (Å²) < 4.78 is 10.6. The van der Waals surface area contributed by atoms with Gasteiger partial charge in [-0.2, -0.15) is 0 Å². The van der Waals surface area contributed by atoms with Crippen molar-refractivity contribution in [3.8, 4) is 17.2 Å². The Morgan fingerprint density at radius 2 is 1.11 bits per heavy atom. The molecule has 0 fully saturated rings. The van der Waals surface area contributed by atoms with Crippen LogP contribution in [0.2, 0.25) is 0 Å². The summed E-state index contributed by atoms with van der Waals surface area (Å²) in [6.07, 6.45) is 0. The van der Waals surface area contributed by atoms with E-state index in [2.05, 4.69) is 60.6 Å². The average Bonchev–Trinajstić information content (AvgIpc) is 2.82. The second kappa shape index (κ2) is 21.0. The van der Waals surface area contributed by atoms with Gasteiger partial charge in [0.05, 0.1) is 14.2 Å². The van der Waals surface area contributed by atoms with Gasteiger partial charge in [0.2, 0.25) is 0 Å². The van der Waals surface area contributed by atoms with E-state index in [0.29, 0.717) is 5.75 Å². The molecule has 0 radical (unpaired) electrons. The largest absolute Gasteiger partial charge is 1.00 e. The van der Waals surface area contributed by atoms with Crippen LogP contribution < -0.4 is 66.0 Å². The Balaban J connectivity index is -0.000000244. The van der Waals surface area contributed by atoms with E-state index in [1.54, 1.807) is 20.1 Å². The van der Waals surface area contributed by atoms with Crippen LogP contribution >= 0.6 is 0 Å². The molecule has 2 aromatic carbocycles. The fraction of sp³-hybridized carbons (Fsp3) is 0.594. The number of ether oxygens (including phenoxy) is 2. The number of rotatable bonds is 3. The molecule has 0 N–H and O–H groups in total. The van der Waals surface area contributed by atoms with E-state index in [0.717, 1.165) is 11.3 Å². The normalized spacial score (nSPS) is 9.76. The molecular weight excluding hydrogens is 487 g/mol. The number of benzene rings is 2. The van der Waals surface area contributed by atoms with Crippen LogP contribution in [0.1, 0.15) is 123 Å². The van der Waals surface area contributed by atoms with E-state index in [-0.39, 0.29) is 79.3 Å². The molecule has 0 atom stereocenters. The summed E-state index contributed by atoms with van der Waals surface area (Å²) in [5.74, 6) is 1.08. The van der Waals surface area contributed by atoms with Gasteiger partial charge < -0.3 is 14.6 Å². The van der Waals surface area contributed by atoms with E-state index < -0.39 is 0 Å². The minimum atomic E-state index is -0.282. The molecule has 0 amide bonds. The first-order valence-electron chi connectivity index (χ1n) is 13.2. The summed E-state index contributed by atoms with van der Waals surface area (Å²) in [6.45, 7) is 30.7. The van der Waals surface area contributed by atoms with Gasteiger partial charge in [-0.3, -0.25) is 4.79 Å². The second-order valence-electron chi connectivity index (χ2n) is 9.77. The van der Waals surface area contributed by atoms with Gasteiger partial charge in [-0.05, 0) is 49.3 Å². The Labute approximate surface area is 272 Å². The molecule has 0 heterocycles. The van der Waals surface area contributed by atoms with Crippen molar-refractivity contribution < 1.29 is 70.8 Å². The smallest absolute Gasteiger partial charge is 0.872 e. The third kappa shape index (κ3) is 14.8. The topological polar surface area (TPSA) is 58.6 Å². The van der Waals surface area contributed by atoms with Crippen LogP contribution in [0.5, 0.6) is 17.2 Å². The molecule has 0 saturated heterocycles. The number of carbonyl (C=O) groups is 1. The number of ketones is 1. The summed E-state index contributed by atoms with van der Waals surface area (Å²) in [5, 5.41) is 11.3. The van der Waals surface area contributed by atoms with Gasteiger partial charge in [0.1, 0.15) is 11.5 Å². The number of hydrogen-bond acceptors (Lipinski definition) is 4. The van der Waals surface area contributed by atoms with Gasteiger partial charge in [-0.15, -0.1) is 0 Å². The van der Waals surface area contributed by atoms with E-state index >= 15 is 0 Å². The van der Waals surface area contributed by atoms with E-state index in [9.17, 15) is 9.90 Å². The van der Waals surface area contributed by atoms with Crippen LogP contribution in [0.3, 0.4) is 0 Å². The zero-order valence-electron chi connectivity index (χ0n) is 27.4. The van der Waals surface area contributed by atoms with Crippen LogP contribution in [-0.2, 0) is 10.8 Å². The summed E-state index contributed by atoms with van der Waals surface area (Å²) in [5.41, 5.74) is 5.13. The Kier molecular flexibility index (Phi) is 24.6. The third-order valence-electron chi connectivity index (χ3n) is 4.93. The molecule has 0 aromatic heterocycles. The molecule has 0 saturated carbocycles. The van der Waals surface area contributed by atoms with Crippen LogP contribution in [0.15, 0.2) is 24.3 Å². The maximum Gasteiger partial charge on any atom is 1.00 e. The first-order chi connectivity index (χ1) is 16.6. The number of carbonyl (C=O) groups excluding carboxylic acids is 1. The van der Waals surface area contributed by atoms with Crippen molar-refractivity contribution in [3.63, 3.8) is 0 Å². The molecule has 0 spiro atoms. The summed E-state index contributed by atoms with van der Waals surface area (Å²) in [6, 6.07) is 7.39. The Hall–Kier alpha value is -0.854. The first-order valence-corrected chi connectivity index (χ1v) is 13.2. The molecule has 208 valence electrons. The Morgan fingerprint density at radius 1 is 0.730 bits per heavy atom. The van der Waals surface area contributed by atoms with E-state index in [1.807, 2.05) is 41.5 Å². The van der Waals surface area contributed by atoms with Crippen molar-refractivity contribution in [1.82, 2.24) is 0 Å². The molecule has 0 aliphatic carbocycles. The SMILES string of the molecule is CC.CC.CC.COc1c(C(C)(C)C)cc(C)cc1C(C)(C)C.COc1cc([O-])c(C(C)=O)cc1C.[K+]. The molecule has 0 bridgehead atoms. The van der Waals surface area contributed by atoms with Crippen LogP contribution in [0.25, 0.3) is 0 Å². The minimum absolute atomic E-state index is 0. The van der Waals surface area contributed by atoms with Gasteiger partial charge in [-0.25, -0.2) is 0 Å². The Bertz CT molecular complexity index is 869. The maximum absolute atomic E-state index is 11.3. The number of Topliss-reactive ketones (excluding diaryl/α,β-unsaturated/α-hetero) is 1. The van der Waals surface area contributed by atoms with Gasteiger partial charge in [-0.1, -0.05) is 107 Å². The molecule has 4 nitrogen and oxygen atoms in total. The maximum atomic E-state index is 11.3. The molecule has 2 rings (SSSR count). The monoisotopic (exact) mass is 542 g/mol. The van der Waals surface area contributed by atoms with Gasteiger partial charge in [0.15, 0.2) is 5.78 Å². The molecule has 0 aliphatic heterocycles. The van der Waals surface area contributed by atoms with Crippen molar-refractivity contribution in [3.05, 3.63) is 52.1 Å². The predicted octanol–water partition coefficient (Wildman–Crippen LogP) is 5.96.